The van der Waals surface area contributed by atoms with Gasteiger partial charge in [0, 0.05) is 11.6 Å². The quantitative estimate of drug-likeness (QED) is 0.738. The van der Waals surface area contributed by atoms with Gasteiger partial charge in [0.15, 0.2) is 0 Å². The Labute approximate surface area is 94.5 Å². The van der Waals surface area contributed by atoms with Gasteiger partial charge >= 0.3 is 7.05 Å². The molecule has 0 radical (unpaired) electrons. The fourth-order valence-corrected chi connectivity index (χ4v) is 1.86. The molecular formula is C10H13BClNO2. The van der Waals surface area contributed by atoms with E-state index in [1.165, 1.54) is 0 Å². The molecular weight excluding hydrogens is 212 g/mol. The van der Waals surface area contributed by atoms with Gasteiger partial charge in [0.25, 0.3) is 0 Å². The predicted octanol–water partition coefficient (Wildman–Crippen LogP) is 0.536. The van der Waals surface area contributed by atoms with Gasteiger partial charge in [0.05, 0.1) is 12.7 Å². The van der Waals surface area contributed by atoms with Gasteiger partial charge < -0.3 is 15.0 Å². The van der Waals surface area contributed by atoms with Gasteiger partial charge in [-0.05, 0) is 30.1 Å². The lowest BCUT2D eigenvalue weighted by Crippen LogP contribution is -2.46. The summed E-state index contributed by atoms with van der Waals surface area (Å²) in [6.45, 7) is 2.84. The van der Waals surface area contributed by atoms with E-state index in [-0.39, 0.29) is 13.2 Å². The van der Waals surface area contributed by atoms with Crippen LogP contribution < -0.4 is 10.7 Å². The second-order valence-corrected chi connectivity index (χ2v) is 4.23. The van der Waals surface area contributed by atoms with Crippen molar-refractivity contribution in [2.45, 2.75) is 19.6 Å². The van der Waals surface area contributed by atoms with Crippen molar-refractivity contribution < 1.29 is 9.76 Å². The fraction of sp³-hybridized carbons (Fsp3) is 0.400. The van der Waals surface area contributed by atoms with Crippen molar-refractivity contribution in [3.63, 3.8) is 0 Å². The number of rotatable bonds is 3. The Balaban J connectivity index is 2.08. The molecule has 1 aromatic carbocycles. The van der Waals surface area contributed by atoms with Crippen LogP contribution in [0.5, 0.6) is 0 Å². The average Bonchev–Trinajstić information content (AvgIpc) is 2.57. The van der Waals surface area contributed by atoms with Crippen LogP contribution in [0.15, 0.2) is 18.2 Å². The van der Waals surface area contributed by atoms with Crippen molar-refractivity contribution in [2.24, 2.45) is 0 Å². The lowest BCUT2D eigenvalue weighted by molar-refractivity contribution is 0.195. The van der Waals surface area contributed by atoms with Crippen LogP contribution in [0.3, 0.4) is 0 Å². The number of hydrogen-bond donors (Lipinski definition) is 2. The lowest BCUT2D eigenvalue weighted by Gasteiger charge is -2.10. The smallest absolute Gasteiger partial charge is 0.413 e. The molecule has 0 saturated heterocycles. The molecule has 0 saturated carbocycles. The molecule has 0 bridgehead atoms. The summed E-state index contributed by atoms with van der Waals surface area (Å²) in [4.78, 5) is 0. The Bertz CT molecular complexity index is 359. The van der Waals surface area contributed by atoms with Crippen LogP contribution in [0.1, 0.15) is 12.5 Å². The molecule has 2 rings (SSSR count). The summed E-state index contributed by atoms with van der Waals surface area (Å²) in [5.74, 6) is 0. The van der Waals surface area contributed by atoms with E-state index >= 15 is 0 Å². The third-order valence-corrected chi connectivity index (χ3v) is 2.63. The molecule has 15 heavy (non-hydrogen) atoms. The van der Waals surface area contributed by atoms with Crippen molar-refractivity contribution >= 4 is 24.1 Å². The predicted molar refractivity (Wildman–Crippen MR) is 61.3 cm³/mol. The van der Waals surface area contributed by atoms with Crippen molar-refractivity contribution in [1.82, 2.24) is 5.23 Å². The van der Waals surface area contributed by atoms with Crippen LogP contribution in [0.4, 0.5) is 0 Å². The molecule has 3 nitrogen and oxygen atoms in total. The van der Waals surface area contributed by atoms with E-state index in [0.717, 1.165) is 16.0 Å². The monoisotopic (exact) mass is 225 g/mol. The van der Waals surface area contributed by atoms with Gasteiger partial charge in [0.1, 0.15) is 0 Å². The van der Waals surface area contributed by atoms with Crippen LogP contribution >= 0.6 is 11.6 Å². The minimum Gasteiger partial charge on any atom is -0.413 e. The number of benzene rings is 1. The highest BCUT2D eigenvalue weighted by Gasteiger charge is 2.28. The van der Waals surface area contributed by atoms with Crippen LogP contribution in [0.25, 0.3) is 0 Å². The highest BCUT2D eigenvalue weighted by atomic mass is 35.5. The molecule has 1 heterocycles. The first-order valence-electron chi connectivity index (χ1n) is 4.98. The van der Waals surface area contributed by atoms with Crippen LogP contribution in [-0.2, 0) is 11.3 Å². The maximum atomic E-state index is 9.17. The summed E-state index contributed by atoms with van der Waals surface area (Å²) in [7, 11) is -0.119. The molecule has 80 valence electrons. The molecule has 1 atom stereocenters. The van der Waals surface area contributed by atoms with E-state index in [9.17, 15) is 0 Å². The van der Waals surface area contributed by atoms with Gasteiger partial charge in [-0.1, -0.05) is 17.7 Å². The van der Waals surface area contributed by atoms with Gasteiger partial charge in [-0.2, -0.15) is 0 Å². The van der Waals surface area contributed by atoms with Crippen LogP contribution in [-0.4, -0.2) is 24.8 Å². The average molecular weight is 225 g/mol. The molecule has 1 aliphatic heterocycles. The second-order valence-electron chi connectivity index (χ2n) is 3.79. The summed E-state index contributed by atoms with van der Waals surface area (Å²) in [6.07, 6.45) is -0.370. The fourth-order valence-electron chi connectivity index (χ4n) is 1.66. The Morgan fingerprint density at radius 2 is 2.47 bits per heavy atom. The normalized spacial score (nSPS) is 16.6. The van der Waals surface area contributed by atoms with E-state index < -0.39 is 0 Å². The van der Waals surface area contributed by atoms with Gasteiger partial charge in [-0.3, -0.25) is 0 Å². The number of aliphatic hydroxyl groups is 1. The van der Waals surface area contributed by atoms with E-state index in [1.807, 2.05) is 18.2 Å². The van der Waals surface area contributed by atoms with E-state index in [0.29, 0.717) is 13.2 Å². The Kier molecular flexibility index (Phi) is 3.31. The first-order valence-corrected chi connectivity index (χ1v) is 5.36. The first kappa shape index (κ1) is 11.0. The Hall–Kier alpha value is -0.545. The molecule has 1 unspecified atom stereocenters. The van der Waals surface area contributed by atoms with E-state index in [4.69, 9.17) is 21.4 Å². The number of fused-ring (bicyclic) bond motifs is 1. The molecule has 0 amide bonds. The van der Waals surface area contributed by atoms with Gasteiger partial charge in [0.2, 0.25) is 0 Å². The number of aliphatic hydroxyl groups excluding tert-OH is 1. The number of nitrogens with one attached hydrogen (secondary N) is 1. The van der Waals surface area contributed by atoms with Crippen molar-refractivity contribution in [2.75, 3.05) is 6.54 Å². The van der Waals surface area contributed by atoms with Crippen molar-refractivity contribution in [3.8, 4) is 0 Å². The van der Waals surface area contributed by atoms with E-state index in [2.05, 4.69) is 5.23 Å². The number of hydrogen-bond acceptors (Lipinski definition) is 3. The highest BCUT2D eigenvalue weighted by molar-refractivity contribution is 6.66. The largest absolute Gasteiger partial charge is 0.416 e. The molecule has 0 fully saturated rings. The number of halogens is 1. The minimum absolute atomic E-state index is 0.119. The summed E-state index contributed by atoms with van der Waals surface area (Å²) >= 11 is 5.88. The maximum absolute atomic E-state index is 9.17. The molecule has 2 N–H and O–H groups in total. The molecule has 0 aliphatic carbocycles. The Morgan fingerprint density at radius 3 is 3.20 bits per heavy atom. The molecule has 0 spiro atoms. The summed E-state index contributed by atoms with van der Waals surface area (Å²) in [5, 5.41) is 13.0. The zero-order valence-corrected chi connectivity index (χ0v) is 9.29. The van der Waals surface area contributed by atoms with Crippen molar-refractivity contribution in [1.29, 1.82) is 0 Å². The molecule has 1 aromatic rings. The summed E-state index contributed by atoms with van der Waals surface area (Å²) < 4.78 is 5.55. The maximum Gasteiger partial charge on any atom is 0.416 e. The SMILES string of the molecule is CC(O)CNB1OCc2cc(Cl)ccc21. The van der Waals surface area contributed by atoms with Crippen LogP contribution in [0.2, 0.25) is 5.02 Å². The molecule has 1 aliphatic rings. The second kappa shape index (κ2) is 4.53. The van der Waals surface area contributed by atoms with E-state index in [1.54, 1.807) is 6.92 Å². The van der Waals surface area contributed by atoms with Crippen LogP contribution in [0, 0.1) is 0 Å². The minimum atomic E-state index is -0.370. The first-order chi connectivity index (χ1) is 7.16. The third-order valence-electron chi connectivity index (χ3n) is 2.39. The highest BCUT2D eigenvalue weighted by Crippen LogP contribution is 2.15. The summed E-state index contributed by atoms with van der Waals surface area (Å²) in [6, 6.07) is 5.73. The summed E-state index contributed by atoms with van der Waals surface area (Å²) in [5.41, 5.74) is 2.23. The standard InChI is InChI=1S/C10H13BClNO2/c1-7(14)5-13-11-10-3-2-9(12)4-8(10)6-15-11/h2-4,7,13-14H,5-6H2,1H3. The molecule has 0 aromatic heterocycles. The van der Waals surface area contributed by atoms with Gasteiger partial charge in [-0.15, -0.1) is 0 Å². The zero-order valence-electron chi connectivity index (χ0n) is 8.53. The van der Waals surface area contributed by atoms with Gasteiger partial charge in [-0.25, -0.2) is 0 Å². The zero-order chi connectivity index (χ0) is 10.8. The lowest BCUT2D eigenvalue weighted by atomic mass is 9.73. The van der Waals surface area contributed by atoms with Crippen molar-refractivity contribution in [3.05, 3.63) is 28.8 Å². The topological polar surface area (TPSA) is 41.5 Å². The third kappa shape index (κ3) is 2.52. The Morgan fingerprint density at radius 1 is 1.67 bits per heavy atom. The molecule has 5 heteroatoms.